The molecule has 6 amide bonds. The number of aliphatic carboxylic acids is 1. The highest BCUT2D eigenvalue weighted by atomic mass is 16.7. The van der Waals surface area contributed by atoms with E-state index in [1.165, 1.54) is 40.3 Å². The van der Waals surface area contributed by atoms with Crippen molar-refractivity contribution < 1.29 is 144 Å². The van der Waals surface area contributed by atoms with E-state index in [0.717, 1.165) is 85.6 Å². The Kier molecular flexibility index (Phi) is 53.2. The predicted octanol–water partition coefficient (Wildman–Crippen LogP) is 8.90. The lowest BCUT2D eigenvalue weighted by Crippen LogP contribution is -2.61. The third kappa shape index (κ3) is 42.5. The Balaban J connectivity index is 0.732. The van der Waals surface area contributed by atoms with Crippen molar-refractivity contribution in [2.24, 2.45) is 0 Å². The highest BCUT2D eigenvalue weighted by Gasteiger charge is 2.48. The number of hydrogen-bond acceptors (Lipinski definition) is 30. The number of aromatic nitrogens is 1. The molecule has 1 aliphatic heterocycles. The van der Waals surface area contributed by atoms with Crippen LogP contribution in [0.5, 0.6) is 5.75 Å². The molecule has 37 heteroatoms. The molecule has 2 fully saturated rings. The molecule has 37 nitrogen and oxygen atoms in total. The number of methoxy groups -OCH3 is 1. The normalized spacial score (nSPS) is 16.1. The number of likely N-dealkylation sites (N-methyl/N-ethyl adjacent to an activating group) is 1. The van der Waals surface area contributed by atoms with Crippen LogP contribution in [0, 0.1) is 0 Å². The Bertz CT molecular complexity index is 4160. The summed E-state index contributed by atoms with van der Waals surface area (Å²) in [5, 5.41) is 53.8. The first-order valence-corrected chi connectivity index (χ1v) is 46.3. The zero-order valence-electron chi connectivity index (χ0n) is 76.8. The first-order valence-electron chi connectivity index (χ1n) is 46.3. The fourth-order valence-electron chi connectivity index (χ4n) is 14.8. The minimum absolute atomic E-state index is 0.0115. The van der Waals surface area contributed by atoms with E-state index in [0.29, 0.717) is 184 Å². The second-order valence-corrected chi connectivity index (χ2v) is 32.1. The molecule has 1 saturated heterocycles. The zero-order valence-corrected chi connectivity index (χ0v) is 76.8. The lowest BCUT2D eigenvalue weighted by molar-refractivity contribution is -0.271. The van der Waals surface area contributed by atoms with E-state index in [2.05, 4.69) is 26.3 Å². The number of hydroxylamine groups is 2. The first-order chi connectivity index (χ1) is 64.9. The fourth-order valence-corrected chi connectivity index (χ4v) is 14.8. The van der Waals surface area contributed by atoms with Crippen molar-refractivity contribution in [3.8, 4) is 16.9 Å². The van der Waals surface area contributed by atoms with Gasteiger partial charge in [0.1, 0.15) is 54.9 Å². The van der Waals surface area contributed by atoms with Gasteiger partial charge in [-0.2, -0.15) is 0 Å². The molecule has 0 bridgehead atoms. The van der Waals surface area contributed by atoms with Crippen LogP contribution in [0.15, 0.2) is 116 Å². The highest BCUT2D eigenvalue weighted by Crippen LogP contribution is 2.45. The topological polar surface area (TPSA) is 459 Å². The van der Waals surface area contributed by atoms with Crippen LogP contribution in [0.1, 0.15) is 161 Å². The molecule has 5 aromatic rings. The SMILES string of the molecule is COCCOCCOCCOCCOCCOCCOCCOCCOCCOCCOCCOCCC(=O)CCCCC[C@H](NC(=O)OCC1c2ccccc2-c2ccccc21)C(=O)NCCC(=O)Nc1cc(O[C@@H]2O[C@H](C(=O)O)[C@@H](O)[C@H](O)[C@H]2O)ccc1COC(=O)Nc1cccc(C(=O)N(C)CCON(C(=O)CCCCCCCC(=O)Cc2ccncc2)C2CCCCC2)c1. The van der Waals surface area contributed by atoms with Gasteiger partial charge in [0.05, 0.1) is 170 Å². The van der Waals surface area contributed by atoms with Crippen molar-refractivity contribution in [3.63, 3.8) is 0 Å². The molecule has 4 aromatic carbocycles. The molecular weight excluding hydrogens is 1730 g/mol. The van der Waals surface area contributed by atoms with Crippen molar-refractivity contribution >= 4 is 64.7 Å². The molecule has 1 saturated carbocycles. The van der Waals surface area contributed by atoms with Crippen molar-refractivity contribution in [1.82, 2.24) is 25.6 Å². The van der Waals surface area contributed by atoms with Crippen molar-refractivity contribution in [2.75, 3.05) is 203 Å². The van der Waals surface area contributed by atoms with Crippen LogP contribution in [-0.4, -0.2) is 324 Å². The minimum atomic E-state index is -2.02. The maximum Gasteiger partial charge on any atom is 0.411 e. The number of carboxylic acid groups (broad SMARTS) is 1. The van der Waals surface area contributed by atoms with Gasteiger partial charge in [-0.25, -0.2) is 19.4 Å². The van der Waals surface area contributed by atoms with Gasteiger partial charge in [0, 0.05) is 107 Å². The zero-order chi connectivity index (χ0) is 94.7. The molecule has 1 aromatic heterocycles. The quantitative estimate of drug-likeness (QED) is 0.0133. The number of unbranched alkanes of at least 4 members (excludes halogenated alkanes) is 6. The number of carbonyl (C=O) groups excluding carboxylic acids is 8. The number of aliphatic hydroxyl groups is 3. The number of carboxylic acids is 1. The molecule has 3 aliphatic rings. The first kappa shape index (κ1) is 109. The number of nitrogens with one attached hydrogen (secondary N) is 4. The molecule has 6 atom stereocenters. The molecule has 8 rings (SSSR count). The summed E-state index contributed by atoms with van der Waals surface area (Å²) in [6.07, 6.45) is 3.24. The molecule has 133 heavy (non-hydrogen) atoms. The Hall–Kier alpha value is -9.62. The molecular formula is C96H137N7O30. The Morgan fingerprint density at radius 2 is 1.05 bits per heavy atom. The molecule has 0 unspecified atom stereocenters. The monoisotopic (exact) mass is 1870 g/mol. The number of ether oxygens (including phenoxy) is 16. The second-order valence-electron chi connectivity index (χ2n) is 32.1. The standard InChI is InChI=1S/C96H137N7O30/c1-102(40-42-131-103(74-21-8-6-9-22-74)86(107)30-13-5-3-4-10-24-76(105)65-70-33-37-97-38-34-70)92(112)71-19-18-20-73(66-71)99-95(115)129-68-72-31-32-77(132-94-89(110)87(108)88(109)90(133-94)93(113)114)67-84(72)100-85(106)35-39-98-91(111)83(101-96(116)130-69-82-80-27-16-14-25-78(80)79-26-15-17-28-81(79)82)29-12-7-11-23-75(104)36-41-118-45-46-120-49-50-122-53-54-124-57-58-126-61-62-128-64-63-127-60-59-125-56-55-123-52-51-121-48-47-119-44-43-117-2/h14-20,25-28,31-34,37-38,66-67,74,82-83,87-90,94,108-110H,3-13,21-24,29-30,35-36,39-65,68-69H2,1-2H3,(H,98,111)(H,99,115)(H,100,106)(H,101,116)(H,113,114)/t83-,87-,88-,89+,90-,94+/m0/s1. The number of aliphatic hydroxyl groups excluding tert-OH is 3. The van der Waals surface area contributed by atoms with Crippen LogP contribution in [-0.2, 0) is 118 Å². The minimum Gasteiger partial charge on any atom is -0.479 e. The molecule has 0 spiro atoms. The smallest absolute Gasteiger partial charge is 0.411 e. The van der Waals surface area contributed by atoms with E-state index in [1.807, 2.05) is 60.7 Å². The van der Waals surface area contributed by atoms with Gasteiger partial charge in [0.25, 0.3) is 5.91 Å². The summed E-state index contributed by atoms with van der Waals surface area (Å²) in [5.41, 5.74) is 5.49. The number of Topliss-reactive ketones (excluding diaryl/α,β-unsaturated/α-hetero) is 2. The van der Waals surface area contributed by atoms with Gasteiger partial charge < -0.3 is 117 Å². The number of hydrogen-bond donors (Lipinski definition) is 8. The number of anilines is 2. The van der Waals surface area contributed by atoms with Gasteiger partial charge >= 0.3 is 18.2 Å². The van der Waals surface area contributed by atoms with E-state index < -0.39 is 79.2 Å². The van der Waals surface area contributed by atoms with Crippen LogP contribution < -0.4 is 26.0 Å². The van der Waals surface area contributed by atoms with Gasteiger partial charge in [-0.1, -0.05) is 106 Å². The van der Waals surface area contributed by atoms with Gasteiger partial charge in [-0.3, -0.25) is 43.9 Å². The van der Waals surface area contributed by atoms with Crippen LogP contribution in [0.4, 0.5) is 21.0 Å². The van der Waals surface area contributed by atoms with E-state index in [4.69, 9.17) is 80.6 Å². The number of ketones is 2. The highest BCUT2D eigenvalue weighted by molar-refractivity contribution is 5.96. The number of benzene rings is 4. The maximum absolute atomic E-state index is 14.2. The van der Waals surface area contributed by atoms with Crippen LogP contribution in [0.2, 0.25) is 0 Å². The summed E-state index contributed by atoms with van der Waals surface area (Å²) in [6, 6.07) is 28.2. The van der Waals surface area contributed by atoms with Gasteiger partial charge in [-0.05, 0) is 109 Å². The maximum atomic E-state index is 14.2. The number of amides is 6. The fraction of sp³-hybridized carbons (Fsp3) is 0.604. The van der Waals surface area contributed by atoms with E-state index in [1.54, 1.807) is 38.7 Å². The van der Waals surface area contributed by atoms with E-state index in [-0.39, 0.29) is 123 Å². The second kappa shape index (κ2) is 65.1. The number of rotatable bonds is 72. The summed E-state index contributed by atoms with van der Waals surface area (Å²) in [7, 11) is 3.23. The number of nitrogens with zero attached hydrogens (tertiary/aromatic N) is 3. The largest absolute Gasteiger partial charge is 0.479 e. The molecule has 2 heterocycles. The average molecular weight is 1870 g/mol. The van der Waals surface area contributed by atoms with Gasteiger partial charge in [-0.15, -0.1) is 0 Å². The summed E-state index contributed by atoms with van der Waals surface area (Å²) in [5.74, 6) is -3.75. The van der Waals surface area contributed by atoms with Crippen LogP contribution >= 0.6 is 0 Å². The van der Waals surface area contributed by atoms with E-state index >= 15 is 0 Å². The Morgan fingerprint density at radius 1 is 0.511 bits per heavy atom. The summed E-state index contributed by atoms with van der Waals surface area (Å²) in [6.45, 7) is 9.24. The summed E-state index contributed by atoms with van der Waals surface area (Å²) in [4.78, 5) is 132. The lowest BCUT2D eigenvalue weighted by Gasteiger charge is -2.38. The predicted molar refractivity (Wildman–Crippen MR) is 485 cm³/mol. The third-order valence-corrected chi connectivity index (χ3v) is 22.0. The molecule has 2 aliphatic carbocycles. The number of carbonyl (C=O) groups is 9. The van der Waals surface area contributed by atoms with Gasteiger partial charge in [0.15, 0.2) is 6.10 Å². The van der Waals surface area contributed by atoms with Crippen LogP contribution in [0.25, 0.3) is 11.1 Å². The van der Waals surface area contributed by atoms with Crippen molar-refractivity contribution in [3.05, 3.63) is 143 Å². The van der Waals surface area contributed by atoms with Crippen molar-refractivity contribution in [1.29, 1.82) is 0 Å². The third-order valence-electron chi connectivity index (χ3n) is 22.0. The molecule has 0 radical (unpaired) electrons. The van der Waals surface area contributed by atoms with Crippen molar-refractivity contribution in [2.45, 2.75) is 184 Å². The number of alkyl carbamates (subject to hydrolysis) is 1. The molecule has 8 N–H and O–H groups in total. The number of fused-ring (bicyclic) bond motifs is 3. The lowest BCUT2D eigenvalue weighted by atomic mass is 9.95. The van der Waals surface area contributed by atoms with Crippen LogP contribution in [0.3, 0.4) is 0 Å². The number of pyridine rings is 1. The van der Waals surface area contributed by atoms with E-state index in [9.17, 15) is 63.6 Å². The Labute approximate surface area is 778 Å². The van der Waals surface area contributed by atoms with Gasteiger partial charge in [0.2, 0.25) is 24.0 Å². The molecule has 736 valence electrons. The summed E-state index contributed by atoms with van der Waals surface area (Å²) < 4.78 is 88.3. The Morgan fingerprint density at radius 3 is 1.62 bits per heavy atom. The summed E-state index contributed by atoms with van der Waals surface area (Å²) >= 11 is 0. The average Bonchev–Trinajstić information content (AvgIpc) is 1.62.